The van der Waals surface area contributed by atoms with Gasteiger partial charge in [-0.15, -0.1) is 0 Å². The highest BCUT2D eigenvalue weighted by Gasteiger charge is 2.13. The van der Waals surface area contributed by atoms with E-state index in [1.165, 1.54) is 4.68 Å². The van der Waals surface area contributed by atoms with E-state index in [9.17, 15) is 9.90 Å². The molecule has 1 atom stereocenters. The van der Waals surface area contributed by atoms with Gasteiger partial charge in [0, 0.05) is 29.3 Å². The molecule has 0 fully saturated rings. The molecule has 0 bridgehead atoms. The lowest BCUT2D eigenvalue weighted by molar-refractivity contribution is -0.126. The van der Waals surface area contributed by atoms with Gasteiger partial charge < -0.3 is 16.2 Å². The molecule has 0 spiro atoms. The van der Waals surface area contributed by atoms with Crippen molar-refractivity contribution in [3.63, 3.8) is 0 Å². The summed E-state index contributed by atoms with van der Waals surface area (Å²) in [5, 5.41) is 16.9. The van der Waals surface area contributed by atoms with Crippen LogP contribution in [-0.2, 0) is 11.3 Å². The maximum Gasteiger partial charge on any atom is 0.248 e. The summed E-state index contributed by atoms with van der Waals surface area (Å²) in [4.78, 5) is 19.5. The molecule has 0 aliphatic carbocycles. The summed E-state index contributed by atoms with van der Waals surface area (Å²) in [5.74, 6) is -0.246. The number of hydrogen-bond acceptors (Lipinski definition) is 6. The van der Waals surface area contributed by atoms with Gasteiger partial charge in [0.1, 0.15) is 0 Å². The van der Waals surface area contributed by atoms with Gasteiger partial charge in [0.2, 0.25) is 11.9 Å². The number of aromatic nitrogens is 4. The molecule has 1 aromatic carbocycles. The molecule has 0 unspecified atom stereocenters. The van der Waals surface area contributed by atoms with E-state index in [4.69, 9.17) is 5.73 Å². The summed E-state index contributed by atoms with van der Waals surface area (Å²) < 4.78 is 1.49. The number of hydrogen-bond donors (Lipinski definition) is 3. The zero-order chi connectivity index (χ0) is 18.7. The number of aliphatic hydroxyl groups excluding tert-OH is 1. The molecular weight excluding hydrogens is 332 g/mol. The van der Waals surface area contributed by atoms with E-state index in [1.54, 1.807) is 18.6 Å². The normalized spacial score (nSPS) is 12.0. The van der Waals surface area contributed by atoms with Gasteiger partial charge >= 0.3 is 0 Å². The molecule has 0 aliphatic heterocycles. The molecular formula is C18H20N6O2. The molecule has 0 saturated carbocycles. The van der Waals surface area contributed by atoms with Gasteiger partial charge in [0.25, 0.3) is 0 Å². The largest absolute Gasteiger partial charge is 0.381 e. The number of benzene rings is 1. The predicted octanol–water partition coefficient (Wildman–Crippen LogP) is 1.55. The Labute approximate surface area is 150 Å². The number of carbonyl (C=O) groups excluding carboxylic acids is 1. The fourth-order valence-corrected chi connectivity index (χ4v) is 2.54. The van der Waals surface area contributed by atoms with Crippen LogP contribution in [0.2, 0.25) is 0 Å². The van der Waals surface area contributed by atoms with Gasteiger partial charge in [-0.3, -0.25) is 9.48 Å². The molecule has 2 heterocycles. The van der Waals surface area contributed by atoms with Crippen molar-refractivity contribution in [2.24, 2.45) is 5.73 Å². The molecule has 134 valence electrons. The topological polar surface area (TPSA) is 119 Å². The third-order valence-electron chi connectivity index (χ3n) is 3.78. The van der Waals surface area contributed by atoms with Crippen molar-refractivity contribution < 1.29 is 9.90 Å². The van der Waals surface area contributed by atoms with Crippen LogP contribution >= 0.6 is 0 Å². The number of nitrogens with zero attached hydrogens (tertiary/aromatic N) is 4. The molecule has 3 rings (SSSR count). The fraction of sp³-hybridized carbons (Fsp3) is 0.222. The molecule has 2 aromatic heterocycles. The van der Waals surface area contributed by atoms with Crippen molar-refractivity contribution in [1.29, 1.82) is 0 Å². The first kappa shape index (κ1) is 17.6. The van der Waals surface area contributed by atoms with Crippen LogP contribution in [0, 0.1) is 13.8 Å². The van der Waals surface area contributed by atoms with Gasteiger partial charge in [-0.1, -0.05) is 6.07 Å². The zero-order valence-electron chi connectivity index (χ0n) is 14.5. The Bertz CT molecular complexity index is 937. The van der Waals surface area contributed by atoms with E-state index >= 15 is 0 Å². The number of primary amides is 1. The average molecular weight is 352 g/mol. The van der Waals surface area contributed by atoms with E-state index in [1.807, 2.05) is 38.1 Å². The molecule has 4 N–H and O–H groups in total. The lowest BCUT2D eigenvalue weighted by atomic mass is 10.1. The summed E-state index contributed by atoms with van der Waals surface area (Å²) in [6.45, 7) is 3.92. The van der Waals surface area contributed by atoms with Crippen LogP contribution in [0.3, 0.4) is 0 Å². The lowest BCUT2D eigenvalue weighted by Crippen LogP contribution is -2.32. The van der Waals surface area contributed by atoms with Crippen molar-refractivity contribution in [3.8, 4) is 11.1 Å². The van der Waals surface area contributed by atoms with Crippen LogP contribution in [0.4, 0.5) is 11.6 Å². The van der Waals surface area contributed by atoms with Crippen LogP contribution in [0.25, 0.3) is 11.1 Å². The van der Waals surface area contributed by atoms with Crippen molar-refractivity contribution in [3.05, 3.63) is 54.1 Å². The zero-order valence-corrected chi connectivity index (χ0v) is 14.5. The Balaban J connectivity index is 1.83. The SMILES string of the molecule is Cc1cc(Nc2nccc(C)n2)cc(-c2cnn(C[C@H](O)C(N)=O)c2)c1. The first-order valence-corrected chi connectivity index (χ1v) is 8.09. The van der Waals surface area contributed by atoms with Crippen LogP contribution in [-0.4, -0.2) is 36.9 Å². The summed E-state index contributed by atoms with van der Waals surface area (Å²) in [7, 11) is 0. The second-order valence-electron chi connectivity index (χ2n) is 6.10. The number of rotatable bonds is 6. The van der Waals surface area contributed by atoms with Crippen LogP contribution in [0.15, 0.2) is 42.9 Å². The summed E-state index contributed by atoms with van der Waals surface area (Å²) >= 11 is 0. The van der Waals surface area contributed by atoms with Crippen molar-refractivity contribution >= 4 is 17.5 Å². The highest BCUT2D eigenvalue weighted by Crippen LogP contribution is 2.25. The first-order valence-electron chi connectivity index (χ1n) is 8.09. The Morgan fingerprint density at radius 2 is 2.12 bits per heavy atom. The molecule has 3 aromatic rings. The molecule has 1 amide bonds. The number of amides is 1. The minimum absolute atomic E-state index is 0.0173. The fourth-order valence-electron chi connectivity index (χ4n) is 2.54. The first-order chi connectivity index (χ1) is 12.4. The minimum atomic E-state index is -1.27. The Hall–Kier alpha value is -3.26. The number of anilines is 2. The van der Waals surface area contributed by atoms with Crippen molar-refractivity contribution in [1.82, 2.24) is 19.7 Å². The van der Waals surface area contributed by atoms with Gasteiger partial charge in [-0.2, -0.15) is 5.10 Å². The van der Waals surface area contributed by atoms with Crippen LogP contribution in [0.1, 0.15) is 11.3 Å². The second-order valence-corrected chi connectivity index (χ2v) is 6.10. The third-order valence-corrected chi connectivity index (χ3v) is 3.78. The number of carbonyl (C=O) groups is 1. The van der Waals surface area contributed by atoms with E-state index in [-0.39, 0.29) is 6.54 Å². The number of aryl methyl sites for hydroxylation is 2. The van der Waals surface area contributed by atoms with Crippen LogP contribution < -0.4 is 11.1 Å². The summed E-state index contributed by atoms with van der Waals surface area (Å²) in [6.07, 6.45) is 3.87. The Morgan fingerprint density at radius 3 is 2.85 bits per heavy atom. The van der Waals surface area contributed by atoms with Gasteiger partial charge in [-0.25, -0.2) is 9.97 Å². The Morgan fingerprint density at radius 1 is 1.31 bits per heavy atom. The third kappa shape index (κ3) is 4.22. The highest BCUT2D eigenvalue weighted by molar-refractivity contribution is 5.78. The van der Waals surface area contributed by atoms with E-state index in [0.29, 0.717) is 5.95 Å². The highest BCUT2D eigenvalue weighted by atomic mass is 16.3. The van der Waals surface area contributed by atoms with E-state index in [0.717, 1.165) is 28.1 Å². The van der Waals surface area contributed by atoms with Gasteiger partial charge in [0.15, 0.2) is 6.10 Å². The van der Waals surface area contributed by atoms with Gasteiger partial charge in [0.05, 0.1) is 12.7 Å². The van der Waals surface area contributed by atoms with Gasteiger partial charge in [-0.05, 0) is 43.2 Å². The molecule has 0 aliphatic rings. The molecule has 8 nitrogen and oxygen atoms in total. The van der Waals surface area contributed by atoms with Crippen molar-refractivity contribution in [2.75, 3.05) is 5.32 Å². The number of aliphatic hydroxyl groups is 1. The molecule has 8 heteroatoms. The summed E-state index contributed by atoms with van der Waals surface area (Å²) in [6, 6.07) is 7.82. The smallest absolute Gasteiger partial charge is 0.248 e. The second kappa shape index (κ2) is 7.32. The van der Waals surface area contributed by atoms with Crippen LogP contribution in [0.5, 0.6) is 0 Å². The maximum atomic E-state index is 11.0. The standard InChI is InChI=1S/C18H20N6O2/c1-11-5-13(14-8-21-24(9-14)10-16(25)17(19)26)7-15(6-11)23-18-20-4-3-12(2)22-18/h3-9,16,25H,10H2,1-2H3,(H2,19,26)(H,20,22,23)/t16-/m0/s1. The Kier molecular flexibility index (Phi) is 4.94. The molecule has 0 saturated heterocycles. The average Bonchev–Trinajstić information content (AvgIpc) is 3.02. The maximum absolute atomic E-state index is 11.0. The van der Waals surface area contributed by atoms with E-state index < -0.39 is 12.0 Å². The monoisotopic (exact) mass is 352 g/mol. The summed E-state index contributed by atoms with van der Waals surface area (Å²) in [5.41, 5.74) is 9.67. The predicted molar refractivity (Wildman–Crippen MR) is 97.7 cm³/mol. The number of nitrogens with two attached hydrogens (primary N) is 1. The minimum Gasteiger partial charge on any atom is -0.381 e. The molecule has 26 heavy (non-hydrogen) atoms. The number of nitrogens with one attached hydrogen (secondary N) is 1. The molecule has 0 radical (unpaired) electrons. The van der Waals surface area contributed by atoms with Crippen molar-refractivity contribution in [2.45, 2.75) is 26.5 Å². The lowest BCUT2D eigenvalue weighted by Gasteiger charge is -2.09. The quantitative estimate of drug-likeness (QED) is 0.619. The van der Waals surface area contributed by atoms with E-state index in [2.05, 4.69) is 20.4 Å².